The van der Waals surface area contributed by atoms with E-state index in [1.807, 2.05) is 37.3 Å². The topological polar surface area (TPSA) is 67.3 Å². The highest BCUT2D eigenvalue weighted by Crippen LogP contribution is 2.27. The molecule has 1 aromatic heterocycles. The Balaban J connectivity index is 1.53. The van der Waals surface area contributed by atoms with Gasteiger partial charge >= 0.3 is 6.09 Å². The summed E-state index contributed by atoms with van der Waals surface area (Å²) in [7, 11) is 0. The van der Waals surface area contributed by atoms with Crippen molar-refractivity contribution >= 4 is 22.6 Å². The van der Waals surface area contributed by atoms with E-state index in [2.05, 4.69) is 15.5 Å². The van der Waals surface area contributed by atoms with Gasteiger partial charge in [-0.1, -0.05) is 41.7 Å². The van der Waals surface area contributed by atoms with E-state index in [0.717, 1.165) is 28.5 Å². The lowest BCUT2D eigenvalue weighted by molar-refractivity contribution is 0.0983. The van der Waals surface area contributed by atoms with E-state index in [1.54, 1.807) is 16.2 Å². The molecular formula is C16H20N4O2S. The van der Waals surface area contributed by atoms with Crippen LogP contribution in [0.1, 0.15) is 19.8 Å². The summed E-state index contributed by atoms with van der Waals surface area (Å²) >= 11 is 1.56. The fraction of sp³-hybridized carbons (Fsp3) is 0.438. The standard InChI is InChI=1S/C16H20N4O2S/c1-2-22-16(21)20-10-8-13(9-11-20)17-15-19-18-14(23-15)12-6-4-3-5-7-12/h3-7,13H,2,8-11H2,1H3,(H,17,19). The van der Waals surface area contributed by atoms with Crippen LogP contribution < -0.4 is 5.32 Å². The summed E-state index contributed by atoms with van der Waals surface area (Å²) in [4.78, 5) is 13.4. The highest BCUT2D eigenvalue weighted by molar-refractivity contribution is 7.18. The molecule has 0 unspecified atom stereocenters. The van der Waals surface area contributed by atoms with Crippen molar-refractivity contribution in [2.75, 3.05) is 25.0 Å². The molecule has 2 heterocycles. The first-order chi connectivity index (χ1) is 11.3. The molecular weight excluding hydrogens is 312 g/mol. The van der Waals surface area contributed by atoms with Crippen LogP contribution in [0.2, 0.25) is 0 Å². The monoisotopic (exact) mass is 332 g/mol. The van der Waals surface area contributed by atoms with Crippen molar-refractivity contribution in [3.8, 4) is 10.6 Å². The van der Waals surface area contributed by atoms with Crippen molar-refractivity contribution in [2.45, 2.75) is 25.8 Å². The fourth-order valence-corrected chi connectivity index (χ4v) is 3.40. The Labute approximate surface area is 139 Å². The second-order valence-electron chi connectivity index (χ2n) is 5.38. The molecule has 1 N–H and O–H groups in total. The summed E-state index contributed by atoms with van der Waals surface area (Å²) in [5.41, 5.74) is 1.08. The zero-order valence-corrected chi connectivity index (χ0v) is 13.9. The minimum atomic E-state index is -0.215. The third-order valence-corrected chi connectivity index (χ3v) is 4.70. The largest absolute Gasteiger partial charge is 0.450 e. The maximum Gasteiger partial charge on any atom is 0.409 e. The smallest absolute Gasteiger partial charge is 0.409 e. The molecule has 1 saturated heterocycles. The Bertz CT molecular complexity index is 639. The predicted octanol–water partition coefficient (Wildman–Crippen LogP) is 3.24. The number of aromatic nitrogens is 2. The van der Waals surface area contributed by atoms with Gasteiger partial charge in [-0.2, -0.15) is 0 Å². The summed E-state index contributed by atoms with van der Waals surface area (Å²) in [5, 5.41) is 13.6. The summed E-state index contributed by atoms with van der Waals surface area (Å²) in [6.45, 7) is 3.66. The lowest BCUT2D eigenvalue weighted by atomic mass is 10.1. The molecule has 0 saturated carbocycles. The first-order valence-electron chi connectivity index (χ1n) is 7.83. The van der Waals surface area contributed by atoms with Crippen LogP contribution in [0, 0.1) is 0 Å². The summed E-state index contributed by atoms with van der Waals surface area (Å²) in [6.07, 6.45) is 1.56. The molecule has 23 heavy (non-hydrogen) atoms. The number of hydrogen-bond donors (Lipinski definition) is 1. The van der Waals surface area contributed by atoms with Crippen LogP contribution in [0.25, 0.3) is 10.6 Å². The average molecular weight is 332 g/mol. The highest BCUT2D eigenvalue weighted by Gasteiger charge is 2.24. The molecule has 7 heteroatoms. The number of carbonyl (C=O) groups excluding carboxylic acids is 1. The van der Waals surface area contributed by atoms with Gasteiger partial charge in [-0.05, 0) is 19.8 Å². The number of rotatable bonds is 4. The maximum atomic E-state index is 11.7. The molecule has 1 aromatic carbocycles. The highest BCUT2D eigenvalue weighted by atomic mass is 32.1. The van der Waals surface area contributed by atoms with E-state index in [9.17, 15) is 4.79 Å². The van der Waals surface area contributed by atoms with Crippen LogP contribution in [0.4, 0.5) is 9.93 Å². The Kier molecular flexibility index (Phi) is 5.07. The van der Waals surface area contributed by atoms with Crippen LogP contribution >= 0.6 is 11.3 Å². The number of amides is 1. The molecule has 122 valence electrons. The molecule has 3 rings (SSSR count). The SMILES string of the molecule is CCOC(=O)N1CCC(Nc2nnc(-c3ccccc3)s2)CC1. The number of carbonyl (C=O) groups is 1. The minimum absolute atomic E-state index is 0.215. The second kappa shape index (κ2) is 7.41. The van der Waals surface area contributed by atoms with Crippen LogP contribution in [0.3, 0.4) is 0 Å². The van der Waals surface area contributed by atoms with Crippen molar-refractivity contribution in [2.24, 2.45) is 0 Å². The molecule has 0 bridgehead atoms. The van der Waals surface area contributed by atoms with Crippen LogP contribution in [0.15, 0.2) is 30.3 Å². The lowest BCUT2D eigenvalue weighted by Gasteiger charge is -2.31. The maximum absolute atomic E-state index is 11.7. The van der Waals surface area contributed by atoms with E-state index in [-0.39, 0.29) is 6.09 Å². The number of benzene rings is 1. The van der Waals surface area contributed by atoms with Gasteiger partial charge in [0.05, 0.1) is 6.61 Å². The fourth-order valence-electron chi connectivity index (χ4n) is 2.57. The van der Waals surface area contributed by atoms with Gasteiger partial charge in [0, 0.05) is 24.7 Å². The first kappa shape index (κ1) is 15.7. The number of nitrogens with zero attached hydrogens (tertiary/aromatic N) is 3. The van der Waals surface area contributed by atoms with E-state index in [0.29, 0.717) is 25.7 Å². The molecule has 1 fully saturated rings. The minimum Gasteiger partial charge on any atom is -0.450 e. The van der Waals surface area contributed by atoms with Crippen molar-refractivity contribution in [1.82, 2.24) is 15.1 Å². The number of anilines is 1. The van der Waals surface area contributed by atoms with Gasteiger partial charge in [0.25, 0.3) is 0 Å². The van der Waals surface area contributed by atoms with Gasteiger partial charge < -0.3 is 15.0 Å². The van der Waals surface area contributed by atoms with Crippen molar-refractivity contribution in [3.05, 3.63) is 30.3 Å². The van der Waals surface area contributed by atoms with E-state index in [4.69, 9.17) is 4.74 Å². The van der Waals surface area contributed by atoms with Crippen molar-refractivity contribution in [1.29, 1.82) is 0 Å². The van der Waals surface area contributed by atoms with E-state index in [1.165, 1.54) is 0 Å². The number of hydrogen-bond acceptors (Lipinski definition) is 6. The summed E-state index contributed by atoms with van der Waals surface area (Å²) in [6, 6.07) is 10.4. The van der Waals surface area contributed by atoms with Gasteiger partial charge in [-0.3, -0.25) is 0 Å². The molecule has 0 aliphatic carbocycles. The quantitative estimate of drug-likeness (QED) is 0.931. The number of nitrogens with one attached hydrogen (secondary N) is 1. The van der Waals surface area contributed by atoms with Gasteiger partial charge in [0.1, 0.15) is 5.01 Å². The lowest BCUT2D eigenvalue weighted by Crippen LogP contribution is -2.42. The Hall–Kier alpha value is -2.15. The third-order valence-electron chi connectivity index (χ3n) is 3.79. The second-order valence-corrected chi connectivity index (χ2v) is 6.36. The van der Waals surface area contributed by atoms with Gasteiger partial charge in [0.2, 0.25) is 5.13 Å². The van der Waals surface area contributed by atoms with Gasteiger partial charge in [-0.15, -0.1) is 10.2 Å². The predicted molar refractivity (Wildman–Crippen MR) is 90.6 cm³/mol. The zero-order valence-electron chi connectivity index (χ0n) is 13.1. The Morgan fingerprint density at radius 3 is 2.74 bits per heavy atom. The molecule has 6 nitrogen and oxygen atoms in total. The van der Waals surface area contributed by atoms with Crippen molar-refractivity contribution < 1.29 is 9.53 Å². The molecule has 1 aliphatic rings. The molecule has 0 radical (unpaired) electrons. The van der Waals surface area contributed by atoms with Gasteiger partial charge in [0.15, 0.2) is 0 Å². The molecule has 0 spiro atoms. The Morgan fingerprint density at radius 2 is 2.04 bits per heavy atom. The van der Waals surface area contributed by atoms with Crippen LogP contribution in [-0.4, -0.2) is 46.9 Å². The molecule has 1 aliphatic heterocycles. The summed E-state index contributed by atoms with van der Waals surface area (Å²) < 4.78 is 5.03. The van der Waals surface area contributed by atoms with Gasteiger partial charge in [-0.25, -0.2) is 4.79 Å². The average Bonchev–Trinajstić information content (AvgIpc) is 3.05. The van der Waals surface area contributed by atoms with E-state index < -0.39 is 0 Å². The summed E-state index contributed by atoms with van der Waals surface area (Å²) in [5.74, 6) is 0. The van der Waals surface area contributed by atoms with Crippen LogP contribution in [-0.2, 0) is 4.74 Å². The Morgan fingerprint density at radius 1 is 1.30 bits per heavy atom. The van der Waals surface area contributed by atoms with E-state index >= 15 is 0 Å². The molecule has 1 amide bonds. The first-order valence-corrected chi connectivity index (χ1v) is 8.65. The molecule has 0 atom stereocenters. The number of piperidine rings is 1. The number of likely N-dealkylation sites (tertiary alicyclic amines) is 1. The third kappa shape index (κ3) is 3.98. The normalized spacial score (nSPS) is 15.4. The van der Waals surface area contributed by atoms with Crippen LogP contribution in [0.5, 0.6) is 0 Å². The van der Waals surface area contributed by atoms with Crippen molar-refractivity contribution in [3.63, 3.8) is 0 Å². The molecule has 2 aromatic rings. The number of ether oxygens (including phenoxy) is 1. The zero-order chi connectivity index (χ0) is 16.1.